The minimum Gasteiger partial charge on any atom is -0.325 e. The highest BCUT2D eigenvalue weighted by atomic mass is 19.4. The van der Waals surface area contributed by atoms with E-state index >= 15 is 0 Å². The van der Waals surface area contributed by atoms with Crippen LogP contribution in [0.5, 0.6) is 0 Å². The van der Waals surface area contributed by atoms with Crippen molar-refractivity contribution in [3.05, 3.63) is 53.1 Å². The van der Waals surface area contributed by atoms with Gasteiger partial charge < -0.3 is 10.3 Å². The molecule has 0 spiro atoms. The summed E-state index contributed by atoms with van der Waals surface area (Å²) >= 11 is 0. The van der Waals surface area contributed by atoms with E-state index in [2.05, 4.69) is 15.3 Å². The zero-order valence-corrected chi connectivity index (χ0v) is 12.0. The number of nitrogens with zero attached hydrogens (tertiary/aromatic N) is 1. The Morgan fingerprint density at radius 1 is 1.05 bits per heavy atom. The Hall–Kier alpha value is -2.50. The summed E-state index contributed by atoms with van der Waals surface area (Å²) in [6, 6.07) is 9.33. The van der Waals surface area contributed by atoms with Crippen molar-refractivity contribution >= 4 is 22.7 Å². The number of halogens is 3. The van der Waals surface area contributed by atoms with E-state index in [1.165, 1.54) is 6.07 Å². The van der Waals surface area contributed by atoms with E-state index in [1.54, 1.807) is 0 Å². The van der Waals surface area contributed by atoms with E-state index in [0.29, 0.717) is 17.0 Å². The smallest absolute Gasteiger partial charge is 0.325 e. The summed E-state index contributed by atoms with van der Waals surface area (Å²) in [5.41, 5.74) is 3.12. The maximum absolute atomic E-state index is 12.7. The highest BCUT2D eigenvalue weighted by Gasteiger charge is 2.30. The number of benzene rings is 2. The van der Waals surface area contributed by atoms with Gasteiger partial charge >= 0.3 is 6.18 Å². The lowest BCUT2D eigenvalue weighted by Crippen LogP contribution is -2.04. The lowest BCUT2D eigenvalue weighted by Gasteiger charge is -2.09. The van der Waals surface area contributed by atoms with Crippen LogP contribution in [0.25, 0.3) is 11.0 Å². The number of anilines is 2. The summed E-state index contributed by atoms with van der Waals surface area (Å²) in [6.45, 7) is 3.92. The number of aryl methyl sites for hydroxylation is 2. The topological polar surface area (TPSA) is 40.7 Å². The Balaban J connectivity index is 1.99. The number of nitrogens with one attached hydrogen (secondary N) is 2. The monoisotopic (exact) mass is 305 g/mol. The number of rotatable bonds is 2. The molecule has 0 saturated heterocycles. The quantitative estimate of drug-likeness (QED) is 0.704. The second-order valence-corrected chi connectivity index (χ2v) is 5.21. The Morgan fingerprint density at radius 2 is 1.73 bits per heavy atom. The van der Waals surface area contributed by atoms with Gasteiger partial charge in [0, 0.05) is 5.69 Å². The SMILES string of the molecule is Cc1cccc(C)c1Nc1nc2ccc(C(F)(F)F)cc2[nH]1. The maximum Gasteiger partial charge on any atom is 0.416 e. The molecule has 1 heterocycles. The number of hydrogen-bond donors (Lipinski definition) is 2. The number of aromatic amines is 1. The third-order valence-corrected chi connectivity index (χ3v) is 3.53. The first-order valence-electron chi connectivity index (χ1n) is 6.75. The van der Waals surface area contributed by atoms with Crippen LogP contribution in [0.2, 0.25) is 0 Å². The van der Waals surface area contributed by atoms with Crippen LogP contribution in [-0.2, 0) is 6.18 Å². The largest absolute Gasteiger partial charge is 0.416 e. The van der Waals surface area contributed by atoms with E-state index in [0.717, 1.165) is 28.9 Å². The lowest BCUT2D eigenvalue weighted by atomic mass is 10.1. The number of aromatic nitrogens is 2. The molecular formula is C16H14F3N3. The van der Waals surface area contributed by atoms with Crippen molar-refractivity contribution in [1.82, 2.24) is 9.97 Å². The van der Waals surface area contributed by atoms with Crippen LogP contribution in [0.4, 0.5) is 24.8 Å². The number of H-pyrrole nitrogens is 1. The molecular weight excluding hydrogens is 291 g/mol. The third kappa shape index (κ3) is 2.64. The fraction of sp³-hybridized carbons (Fsp3) is 0.188. The third-order valence-electron chi connectivity index (χ3n) is 3.53. The molecule has 0 aliphatic heterocycles. The molecule has 0 amide bonds. The van der Waals surface area contributed by atoms with E-state index < -0.39 is 11.7 Å². The van der Waals surface area contributed by atoms with Crippen LogP contribution in [-0.4, -0.2) is 9.97 Å². The van der Waals surface area contributed by atoms with Crippen molar-refractivity contribution < 1.29 is 13.2 Å². The van der Waals surface area contributed by atoms with E-state index in [4.69, 9.17) is 0 Å². The molecule has 3 aromatic rings. The van der Waals surface area contributed by atoms with Gasteiger partial charge in [-0.2, -0.15) is 13.2 Å². The average molecular weight is 305 g/mol. The molecule has 3 rings (SSSR count). The molecule has 0 bridgehead atoms. The van der Waals surface area contributed by atoms with Crippen LogP contribution in [0, 0.1) is 13.8 Å². The predicted molar refractivity (Wildman–Crippen MR) is 80.3 cm³/mol. The molecule has 22 heavy (non-hydrogen) atoms. The van der Waals surface area contributed by atoms with Crippen LogP contribution >= 0.6 is 0 Å². The Bertz CT molecular complexity index is 814. The molecule has 2 N–H and O–H groups in total. The van der Waals surface area contributed by atoms with Crippen molar-refractivity contribution in [3.8, 4) is 0 Å². The van der Waals surface area contributed by atoms with Crippen molar-refractivity contribution in [2.45, 2.75) is 20.0 Å². The number of fused-ring (bicyclic) bond motifs is 1. The molecule has 1 aromatic heterocycles. The molecule has 3 nitrogen and oxygen atoms in total. The standard InChI is InChI=1S/C16H14F3N3/c1-9-4-3-5-10(2)14(9)22-15-20-12-7-6-11(16(17,18)19)8-13(12)21-15/h3-8H,1-2H3,(H2,20,21,22). The van der Waals surface area contributed by atoms with E-state index in [-0.39, 0.29) is 0 Å². The van der Waals surface area contributed by atoms with Crippen molar-refractivity contribution in [2.24, 2.45) is 0 Å². The molecule has 0 fully saturated rings. The molecule has 0 saturated carbocycles. The van der Waals surface area contributed by atoms with Gasteiger partial charge in [0.25, 0.3) is 0 Å². The average Bonchev–Trinajstić information content (AvgIpc) is 2.83. The minimum atomic E-state index is -4.36. The number of para-hydroxylation sites is 1. The van der Waals surface area contributed by atoms with Crippen LogP contribution in [0.3, 0.4) is 0 Å². The first-order chi connectivity index (χ1) is 10.3. The van der Waals surface area contributed by atoms with Gasteiger partial charge in [0.05, 0.1) is 16.6 Å². The fourth-order valence-corrected chi connectivity index (χ4v) is 2.38. The Labute approximate surface area is 125 Å². The normalized spacial score (nSPS) is 11.9. The fourth-order valence-electron chi connectivity index (χ4n) is 2.38. The van der Waals surface area contributed by atoms with E-state index in [1.807, 2.05) is 32.0 Å². The van der Waals surface area contributed by atoms with Gasteiger partial charge in [-0.3, -0.25) is 0 Å². The number of imidazole rings is 1. The van der Waals surface area contributed by atoms with Crippen molar-refractivity contribution in [1.29, 1.82) is 0 Å². The van der Waals surface area contributed by atoms with Crippen LogP contribution in [0.1, 0.15) is 16.7 Å². The van der Waals surface area contributed by atoms with Gasteiger partial charge in [-0.25, -0.2) is 4.98 Å². The summed E-state index contributed by atoms with van der Waals surface area (Å²) in [7, 11) is 0. The first-order valence-corrected chi connectivity index (χ1v) is 6.75. The lowest BCUT2D eigenvalue weighted by molar-refractivity contribution is -0.137. The van der Waals surface area contributed by atoms with Gasteiger partial charge in [-0.05, 0) is 43.2 Å². The molecule has 0 radical (unpaired) electrons. The Kier molecular flexibility index (Phi) is 3.31. The molecule has 0 aliphatic carbocycles. The number of hydrogen-bond acceptors (Lipinski definition) is 2. The van der Waals surface area contributed by atoms with Gasteiger partial charge in [-0.15, -0.1) is 0 Å². The van der Waals surface area contributed by atoms with E-state index in [9.17, 15) is 13.2 Å². The zero-order chi connectivity index (χ0) is 15.9. The molecule has 0 aliphatic rings. The second kappa shape index (κ2) is 5.05. The second-order valence-electron chi connectivity index (χ2n) is 5.21. The first kappa shape index (κ1) is 14.4. The number of alkyl halides is 3. The highest BCUT2D eigenvalue weighted by Crippen LogP contribution is 2.31. The van der Waals surface area contributed by atoms with Gasteiger partial charge in [-0.1, -0.05) is 18.2 Å². The van der Waals surface area contributed by atoms with Gasteiger partial charge in [0.1, 0.15) is 0 Å². The van der Waals surface area contributed by atoms with Gasteiger partial charge in [0.2, 0.25) is 5.95 Å². The zero-order valence-electron chi connectivity index (χ0n) is 12.0. The maximum atomic E-state index is 12.7. The highest BCUT2D eigenvalue weighted by molar-refractivity contribution is 5.79. The van der Waals surface area contributed by atoms with Crippen molar-refractivity contribution in [2.75, 3.05) is 5.32 Å². The summed E-state index contributed by atoms with van der Waals surface area (Å²) < 4.78 is 38.2. The van der Waals surface area contributed by atoms with Crippen LogP contribution < -0.4 is 5.32 Å². The summed E-state index contributed by atoms with van der Waals surface area (Å²) in [6.07, 6.45) is -4.36. The summed E-state index contributed by atoms with van der Waals surface area (Å²) in [5.74, 6) is 0.423. The Morgan fingerprint density at radius 3 is 2.36 bits per heavy atom. The predicted octanol–water partition coefficient (Wildman–Crippen LogP) is 4.94. The molecule has 0 atom stereocenters. The van der Waals surface area contributed by atoms with Crippen LogP contribution in [0.15, 0.2) is 36.4 Å². The minimum absolute atomic E-state index is 0.351. The summed E-state index contributed by atoms with van der Waals surface area (Å²) in [5, 5.41) is 3.14. The molecule has 0 unspecified atom stereocenters. The van der Waals surface area contributed by atoms with Crippen molar-refractivity contribution in [3.63, 3.8) is 0 Å². The molecule has 2 aromatic carbocycles. The molecule has 6 heteroatoms. The van der Waals surface area contributed by atoms with Gasteiger partial charge in [0.15, 0.2) is 0 Å². The summed E-state index contributed by atoms with van der Waals surface area (Å²) in [4.78, 5) is 7.17. The molecule has 114 valence electrons.